The predicted octanol–water partition coefficient (Wildman–Crippen LogP) is 2.91. The normalized spacial score (nSPS) is 12.2. The molecule has 3 aromatic rings. The number of hydrogen-bond acceptors (Lipinski definition) is 5. The average Bonchev–Trinajstić information content (AvgIpc) is 2.96. The Hall–Kier alpha value is -1.61. The van der Waals surface area contributed by atoms with Gasteiger partial charge in [0.2, 0.25) is 0 Å². The van der Waals surface area contributed by atoms with Crippen molar-refractivity contribution in [3.8, 4) is 0 Å². The van der Waals surface area contributed by atoms with Gasteiger partial charge in [0.1, 0.15) is 0 Å². The fourth-order valence-electron chi connectivity index (χ4n) is 2.28. The third-order valence-electron chi connectivity index (χ3n) is 3.11. The van der Waals surface area contributed by atoms with E-state index in [1.54, 1.807) is 23.7 Å². The average molecular weight is 371 g/mol. The first-order valence-electron chi connectivity index (χ1n) is 6.74. The Morgan fingerprint density at radius 3 is 2.91 bits per heavy atom. The zero-order chi connectivity index (χ0) is 16.6. The molecule has 0 atom stereocenters. The Balaban J connectivity index is 1.95. The van der Waals surface area contributed by atoms with Crippen molar-refractivity contribution in [3.63, 3.8) is 0 Å². The zero-order valence-electron chi connectivity index (χ0n) is 12.5. The van der Waals surface area contributed by atoms with Crippen molar-refractivity contribution in [2.75, 3.05) is 18.8 Å². The molecule has 2 aromatic heterocycles. The Morgan fingerprint density at radius 2 is 2.17 bits per heavy atom. The third kappa shape index (κ3) is 3.35. The monoisotopic (exact) mass is 370 g/mol. The first-order valence-corrected chi connectivity index (χ1v) is 9.48. The van der Waals surface area contributed by atoms with E-state index < -0.39 is 10.0 Å². The van der Waals surface area contributed by atoms with Crippen LogP contribution < -0.4 is 4.72 Å². The van der Waals surface area contributed by atoms with Crippen LogP contribution >= 0.6 is 22.9 Å². The van der Waals surface area contributed by atoms with Gasteiger partial charge in [-0.25, -0.2) is 4.98 Å². The zero-order valence-corrected chi connectivity index (χ0v) is 14.9. The molecule has 0 aliphatic heterocycles. The third-order valence-corrected chi connectivity index (χ3v) is 5.65. The Bertz CT molecular complexity index is 947. The molecular weight excluding hydrogens is 356 g/mol. The molecule has 122 valence electrons. The minimum absolute atomic E-state index is 0.0335. The summed E-state index contributed by atoms with van der Waals surface area (Å²) in [6.45, 7) is 0.720. The number of anilines is 1. The smallest absolute Gasteiger partial charge is 0.281 e. The summed E-state index contributed by atoms with van der Waals surface area (Å²) in [5.74, 6) is 0. The molecule has 1 N–H and O–H groups in total. The van der Waals surface area contributed by atoms with E-state index in [1.165, 1.54) is 15.7 Å². The second-order valence-electron chi connectivity index (χ2n) is 5.31. The van der Waals surface area contributed by atoms with Crippen molar-refractivity contribution in [2.45, 2.75) is 11.6 Å². The lowest BCUT2D eigenvalue weighted by Crippen LogP contribution is -2.16. The number of rotatable bonds is 5. The van der Waals surface area contributed by atoms with Gasteiger partial charge >= 0.3 is 0 Å². The van der Waals surface area contributed by atoms with Crippen molar-refractivity contribution in [1.29, 1.82) is 0 Å². The van der Waals surface area contributed by atoms with Gasteiger partial charge in [0.25, 0.3) is 10.0 Å². The summed E-state index contributed by atoms with van der Waals surface area (Å²) in [7, 11) is 0.0783. The van der Waals surface area contributed by atoms with Crippen LogP contribution in [0.2, 0.25) is 5.15 Å². The summed E-state index contributed by atoms with van der Waals surface area (Å²) in [5.41, 5.74) is 1.50. The summed E-state index contributed by atoms with van der Waals surface area (Å²) < 4.78 is 29.4. The van der Waals surface area contributed by atoms with Gasteiger partial charge in [-0.2, -0.15) is 8.42 Å². The Morgan fingerprint density at radius 1 is 1.39 bits per heavy atom. The molecule has 0 spiro atoms. The van der Waals surface area contributed by atoms with Crippen LogP contribution in [0.25, 0.3) is 4.96 Å². The highest BCUT2D eigenvalue weighted by Gasteiger charge is 2.25. The van der Waals surface area contributed by atoms with Crippen LogP contribution in [-0.2, 0) is 16.6 Å². The molecule has 0 amide bonds. The number of nitrogens with zero attached hydrogens (tertiary/aromatic N) is 3. The SMILES string of the molecule is CN(C)Cc1cccc(NS(=O)(=O)c2c(Cl)nc3sccn23)c1. The number of sulfonamides is 1. The summed E-state index contributed by atoms with van der Waals surface area (Å²) >= 11 is 7.33. The molecule has 9 heteroatoms. The summed E-state index contributed by atoms with van der Waals surface area (Å²) in [4.78, 5) is 6.61. The molecule has 0 aliphatic rings. The molecule has 0 unspecified atom stereocenters. The summed E-state index contributed by atoms with van der Waals surface area (Å²) in [6.07, 6.45) is 1.63. The van der Waals surface area contributed by atoms with Crippen molar-refractivity contribution in [1.82, 2.24) is 14.3 Å². The number of hydrogen-bond donors (Lipinski definition) is 1. The van der Waals surface area contributed by atoms with Gasteiger partial charge in [0.15, 0.2) is 15.1 Å². The van der Waals surface area contributed by atoms with E-state index in [4.69, 9.17) is 11.6 Å². The lowest BCUT2D eigenvalue weighted by Gasteiger charge is -2.12. The summed E-state index contributed by atoms with van der Waals surface area (Å²) in [5, 5.41) is 1.68. The number of nitrogens with one attached hydrogen (secondary N) is 1. The van der Waals surface area contributed by atoms with Gasteiger partial charge in [-0.3, -0.25) is 9.12 Å². The first-order chi connectivity index (χ1) is 10.9. The minimum Gasteiger partial charge on any atom is -0.305 e. The van der Waals surface area contributed by atoms with Crippen LogP contribution in [-0.4, -0.2) is 36.8 Å². The van der Waals surface area contributed by atoms with Crippen LogP contribution in [0.15, 0.2) is 40.9 Å². The summed E-state index contributed by atoms with van der Waals surface area (Å²) in [6, 6.07) is 7.27. The van der Waals surface area contributed by atoms with E-state index in [-0.39, 0.29) is 10.2 Å². The van der Waals surface area contributed by atoms with E-state index in [1.807, 2.05) is 31.1 Å². The molecule has 6 nitrogen and oxygen atoms in total. The topological polar surface area (TPSA) is 66.7 Å². The van der Waals surface area contributed by atoms with Gasteiger partial charge in [-0.05, 0) is 31.8 Å². The highest BCUT2D eigenvalue weighted by Crippen LogP contribution is 2.27. The van der Waals surface area contributed by atoms with Gasteiger partial charge < -0.3 is 4.90 Å². The molecule has 0 radical (unpaired) electrons. The van der Waals surface area contributed by atoms with Crippen molar-refractivity contribution >= 4 is 43.6 Å². The van der Waals surface area contributed by atoms with Gasteiger partial charge in [0.05, 0.1) is 0 Å². The van der Waals surface area contributed by atoms with E-state index >= 15 is 0 Å². The molecule has 0 saturated carbocycles. The fourth-order valence-corrected chi connectivity index (χ4v) is 4.79. The van der Waals surface area contributed by atoms with Crippen LogP contribution in [0.1, 0.15) is 5.56 Å². The minimum atomic E-state index is -3.83. The molecule has 3 rings (SSSR count). The second kappa shape index (κ2) is 6.12. The van der Waals surface area contributed by atoms with Crippen LogP contribution in [0.3, 0.4) is 0 Å². The molecule has 0 aliphatic carbocycles. The first kappa shape index (κ1) is 16.3. The maximum Gasteiger partial charge on any atom is 0.281 e. The number of halogens is 1. The van der Waals surface area contributed by atoms with E-state index in [9.17, 15) is 8.42 Å². The van der Waals surface area contributed by atoms with Crippen LogP contribution in [0.5, 0.6) is 0 Å². The molecule has 2 heterocycles. The van der Waals surface area contributed by atoms with Crippen molar-refractivity contribution in [2.24, 2.45) is 0 Å². The predicted molar refractivity (Wildman–Crippen MR) is 92.7 cm³/mol. The lowest BCUT2D eigenvalue weighted by molar-refractivity contribution is 0.402. The largest absolute Gasteiger partial charge is 0.305 e. The van der Waals surface area contributed by atoms with Gasteiger partial charge in [-0.15, -0.1) is 11.3 Å². The number of aromatic nitrogens is 2. The molecule has 23 heavy (non-hydrogen) atoms. The number of thiazole rings is 1. The van der Waals surface area contributed by atoms with Crippen molar-refractivity contribution in [3.05, 3.63) is 46.6 Å². The maximum absolute atomic E-state index is 12.7. The molecule has 1 aromatic carbocycles. The standard InChI is InChI=1S/C14H15ClN4O2S2/c1-18(2)9-10-4-3-5-11(8-10)17-23(20,21)13-12(15)16-14-19(13)6-7-22-14/h3-8,17H,9H2,1-2H3. The van der Waals surface area contributed by atoms with Gasteiger partial charge in [-0.1, -0.05) is 23.7 Å². The van der Waals surface area contributed by atoms with Gasteiger partial charge in [0, 0.05) is 23.8 Å². The molecule has 0 bridgehead atoms. The van der Waals surface area contributed by atoms with Crippen molar-refractivity contribution < 1.29 is 8.42 Å². The molecule has 0 fully saturated rings. The second-order valence-corrected chi connectivity index (χ2v) is 8.14. The number of benzene rings is 1. The van der Waals surface area contributed by atoms with E-state index in [0.717, 1.165) is 12.1 Å². The highest BCUT2D eigenvalue weighted by atomic mass is 35.5. The Kier molecular flexibility index (Phi) is 4.33. The van der Waals surface area contributed by atoms with Crippen LogP contribution in [0.4, 0.5) is 5.69 Å². The highest BCUT2D eigenvalue weighted by molar-refractivity contribution is 7.92. The number of fused-ring (bicyclic) bond motifs is 1. The molecular formula is C14H15ClN4O2S2. The molecule has 0 saturated heterocycles. The fraction of sp³-hybridized carbons (Fsp3) is 0.214. The quantitative estimate of drug-likeness (QED) is 0.749. The lowest BCUT2D eigenvalue weighted by atomic mass is 10.2. The van der Waals surface area contributed by atoms with E-state index in [2.05, 4.69) is 9.71 Å². The number of imidazole rings is 1. The maximum atomic E-state index is 12.7. The van der Waals surface area contributed by atoms with Crippen LogP contribution in [0, 0.1) is 0 Å². The van der Waals surface area contributed by atoms with E-state index in [0.29, 0.717) is 10.6 Å². The Labute approximate surface area is 143 Å².